The van der Waals surface area contributed by atoms with Gasteiger partial charge in [-0.25, -0.2) is 9.50 Å². The van der Waals surface area contributed by atoms with Crippen molar-refractivity contribution < 1.29 is 0 Å². The molecule has 96 valence electrons. The lowest BCUT2D eigenvalue weighted by Gasteiger charge is -2.39. The van der Waals surface area contributed by atoms with E-state index in [1.807, 2.05) is 28.9 Å². The number of nitrogens with one attached hydrogen (secondary N) is 1. The van der Waals surface area contributed by atoms with Gasteiger partial charge in [0.05, 0.1) is 5.54 Å². The van der Waals surface area contributed by atoms with Crippen LogP contribution < -0.4 is 5.32 Å². The molecule has 3 heterocycles. The highest BCUT2D eigenvalue weighted by atomic mass is 15.3. The van der Waals surface area contributed by atoms with Crippen molar-refractivity contribution in [2.75, 3.05) is 26.2 Å². The highest BCUT2D eigenvalue weighted by Gasteiger charge is 2.33. The Bertz CT molecular complexity index is 506. The van der Waals surface area contributed by atoms with E-state index >= 15 is 0 Å². The predicted octanol–water partition coefficient (Wildman–Crippen LogP) is 0.870. The van der Waals surface area contributed by atoms with Gasteiger partial charge >= 0.3 is 0 Å². The molecular formula is C13H19N5. The number of hydrogen-bond acceptors (Lipinski definition) is 4. The third kappa shape index (κ3) is 1.89. The van der Waals surface area contributed by atoms with Crippen LogP contribution >= 0.6 is 0 Å². The predicted molar refractivity (Wildman–Crippen MR) is 70.5 cm³/mol. The molecule has 18 heavy (non-hydrogen) atoms. The number of piperazine rings is 1. The zero-order valence-corrected chi connectivity index (χ0v) is 10.9. The first-order valence-corrected chi connectivity index (χ1v) is 6.45. The fourth-order valence-electron chi connectivity index (χ4n) is 2.46. The van der Waals surface area contributed by atoms with Gasteiger partial charge in [0.1, 0.15) is 0 Å². The summed E-state index contributed by atoms with van der Waals surface area (Å²) in [5.74, 6) is 0.899. The van der Waals surface area contributed by atoms with Gasteiger partial charge in [-0.3, -0.25) is 4.90 Å². The molecule has 0 amide bonds. The lowest BCUT2D eigenvalue weighted by molar-refractivity contribution is 0.0950. The van der Waals surface area contributed by atoms with Crippen LogP contribution in [0.1, 0.15) is 19.7 Å². The average Bonchev–Trinajstić information content (AvgIpc) is 2.84. The van der Waals surface area contributed by atoms with Crippen LogP contribution in [0, 0.1) is 0 Å². The zero-order valence-electron chi connectivity index (χ0n) is 10.9. The normalized spacial score (nSPS) is 18.3. The Balaban J connectivity index is 1.96. The van der Waals surface area contributed by atoms with E-state index in [0.717, 1.165) is 37.7 Å². The van der Waals surface area contributed by atoms with E-state index in [9.17, 15) is 0 Å². The standard InChI is InChI=1S/C13H19N5/c1-13(2,17-9-6-14-7-10-17)12-15-11-5-3-4-8-18(11)16-12/h3-5,8,14H,6-7,9-10H2,1-2H3. The van der Waals surface area contributed by atoms with E-state index in [1.54, 1.807) is 0 Å². The third-order valence-electron chi connectivity index (χ3n) is 3.70. The molecule has 0 bridgehead atoms. The van der Waals surface area contributed by atoms with Crippen molar-refractivity contribution in [1.82, 2.24) is 24.8 Å². The molecule has 2 aromatic rings. The smallest absolute Gasteiger partial charge is 0.171 e. The molecule has 0 aliphatic carbocycles. The number of aromatic nitrogens is 3. The molecule has 0 atom stereocenters. The maximum Gasteiger partial charge on any atom is 0.171 e. The van der Waals surface area contributed by atoms with E-state index in [4.69, 9.17) is 0 Å². The second kappa shape index (κ2) is 4.33. The van der Waals surface area contributed by atoms with Gasteiger partial charge in [-0.1, -0.05) is 6.07 Å². The van der Waals surface area contributed by atoms with E-state index in [0.29, 0.717) is 0 Å². The summed E-state index contributed by atoms with van der Waals surface area (Å²) in [5.41, 5.74) is 0.796. The first-order chi connectivity index (χ1) is 8.68. The number of rotatable bonds is 2. The molecule has 1 fully saturated rings. The van der Waals surface area contributed by atoms with Gasteiger partial charge in [-0.15, -0.1) is 5.10 Å². The van der Waals surface area contributed by atoms with Crippen molar-refractivity contribution in [1.29, 1.82) is 0 Å². The van der Waals surface area contributed by atoms with E-state index < -0.39 is 0 Å². The molecule has 1 aliphatic rings. The molecule has 0 radical (unpaired) electrons. The molecule has 2 aromatic heterocycles. The maximum absolute atomic E-state index is 4.65. The minimum absolute atomic E-state index is 0.117. The van der Waals surface area contributed by atoms with Crippen LogP contribution in [0.2, 0.25) is 0 Å². The summed E-state index contributed by atoms with van der Waals surface area (Å²) in [5, 5.41) is 7.98. The Kier molecular flexibility index (Phi) is 2.80. The molecule has 0 unspecified atom stereocenters. The number of hydrogen-bond donors (Lipinski definition) is 1. The van der Waals surface area contributed by atoms with Crippen molar-refractivity contribution in [2.24, 2.45) is 0 Å². The second-order valence-electron chi connectivity index (χ2n) is 5.23. The third-order valence-corrected chi connectivity index (χ3v) is 3.70. The van der Waals surface area contributed by atoms with Crippen LogP contribution in [0.4, 0.5) is 0 Å². The summed E-state index contributed by atoms with van der Waals surface area (Å²) in [4.78, 5) is 7.09. The summed E-state index contributed by atoms with van der Waals surface area (Å²) in [6, 6.07) is 5.96. The van der Waals surface area contributed by atoms with Crippen LogP contribution in [0.25, 0.3) is 5.65 Å². The van der Waals surface area contributed by atoms with Crippen LogP contribution in [-0.2, 0) is 5.54 Å². The number of pyridine rings is 1. The molecule has 0 aromatic carbocycles. The summed E-state index contributed by atoms with van der Waals surface area (Å²) < 4.78 is 1.85. The minimum Gasteiger partial charge on any atom is -0.314 e. The van der Waals surface area contributed by atoms with E-state index in [-0.39, 0.29) is 5.54 Å². The second-order valence-corrected chi connectivity index (χ2v) is 5.23. The van der Waals surface area contributed by atoms with Gasteiger partial charge < -0.3 is 5.32 Å². The van der Waals surface area contributed by atoms with Crippen molar-refractivity contribution in [3.8, 4) is 0 Å². The van der Waals surface area contributed by atoms with Gasteiger partial charge in [-0.2, -0.15) is 0 Å². The van der Waals surface area contributed by atoms with Crippen molar-refractivity contribution in [3.05, 3.63) is 30.2 Å². The summed E-state index contributed by atoms with van der Waals surface area (Å²) in [7, 11) is 0. The Morgan fingerprint density at radius 1 is 1.22 bits per heavy atom. The van der Waals surface area contributed by atoms with Gasteiger partial charge in [-0.05, 0) is 26.0 Å². The monoisotopic (exact) mass is 245 g/mol. The van der Waals surface area contributed by atoms with Gasteiger partial charge in [0.2, 0.25) is 0 Å². The first-order valence-electron chi connectivity index (χ1n) is 6.45. The molecule has 0 spiro atoms. The number of nitrogens with zero attached hydrogens (tertiary/aromatic N) is 4. The molecular weight excluding hydrogens is 226 g/mol. The number of fused-ring (bicyclic) bond motifs is 1. The lowest BCUT2D eigenvalue weighted by Crippen LogP contribution is -2.52. The Morgan fingerprint density at radius 3 is 2.72 bits per heavy atom. The van der Waals surface area contributed by atoms with E-state index in [2.05, 4.69) is 34.1 Å². The SMILES string of the molecule is CC(C)(c1nc2ccccn2n1)N1CCNCC1. The molecule has 1 N–H and O–H groups in total. The van der Waals surface area contributed by atoms with Crippen LogP contribution in [0.3, 0.4) is 0 Å². The summed E-state index contributed by atoms with van der Waals surface area (Å²) in [6.45, 7) is 8.57. The quantitative estimate of drug-likeness (QED) is 0.853. The van der Waals surface area contributed by atoms with Gasteiger partial charge in [0, 0.05) is 32.4 Å². The lowest BCUT2D eigenvalue weighted by atomic mass is 10.0. The molecule has 0 saturated carbocycles. The fourth-order valence-corrected chi connectivity index (χ4v) is 2.46. The minimum atomic E-state index is -0.117. The zero-order chi connectivity index (χ0) is 12.6. The highest BCUT2D eigenvalue weighted by molar-refractivity contribution is 5.37. The van der Waals surface area contributed by atoms with Crippen LogP contribution in [0.15, 0.2) is 24.4 Å². The first kappa shape index (κ1) is 11.6. The van der Waals surface area contributed by atoms with Gasteiger partial charge in [0.25, 0.3) is 0 Å². The van der Waals surface area contributed by atoms with Crippen molar-refractivity contribution in [2.45, 2.75) is 19.4 Å². The largest absolute Gasteiger partial charge is 0.314 e. The molecule has 5 nitrogen and oxygen atoms in total. The van der Waals surface area contributed by atoms with E-state index in [1.165, 1.54) is 0 Å². The fraction of sp³-hybridized carbons (Fsp3) is 0.538. The van der Waals surface area contributed by atoms with Crippen molar-refractivity contribution in [3.63, 3.8) is 0 Å². The Hall–Kier alpha value is -1.46. The molecule has 3 rings (SSSR count). The Labute approximate surface area is 107 Å². The van der Waals surface area contributed by atoms with Crippen molar-refractivity contribution >= 4 is 5.65 Å². The summed E-state index contributed by atoms with van der Waals surface area (Å²) >= 11 is 0. The maximum atomic E-state index is 4.65. The topological polar surface area (TPSA) is 45.5 Å². The van der Waals surface area contributed by atoms with Crippen LogP contribution in [0.5, 0.6) is 0 Å². The van der Waals surface area contributed by atoms with Crippen LogP contribution in [-0.4, -0.2) is 45.7 Å². The van der Waals surface area contributed by atoms with Gasteiger partial charge in [0.15, 0.2) is 11.5 Å². The average molecular weight is 245 g/mol. The molecule has 1 aliphatic heterocycles. The summed E-state index contributed by atoms with van der Waals surface area (Å²) in [6.07, 6.45) is 1.94. The highest BCUT2D eigenvalue weighted by Crippen LogP contribution is 2.25. The Morgan fingerprint density at radius 2 is 2.00 bits per heavy atom. The molecule has 1 saturated heterocycles. The molecule has 5 heteroatoms.